The predicted molar refractivity (Wildman–Crippen MR) is 84.6 cm³/mol. The monoisotopic (exact) mass is 316 g/mol. The number of nitrogens with zero attached hydrogens (tertiary/aromatic N) is 3. The third kappa shape index (κ3) is 2.86. The summed E-state index contributed by atoms with van der Waals surface area (Å²) >= 11 is 0. The third-order valence-electron chi connectivity index (χ3n) is 5.58. The van der Waals surface area contributed by atoms with Crippen molar-refractivity contribution < 1.29 is 9.59 Å². The van der Waals surface area contributed by atoms with Gasteiger partial charge in [-0.2, -0.15) is 0 Å². The topological polar surface area (TPSA) is 67.2 Å². The van der Waals surface area contributed by atoms with Gasteiger partial charge >= 0.3 is 0 Å². The quantitative estimate of drug-likeness (QED) is 0.908. The first-order chi connectivity index (χ1) is 11.2. The van der Waals surface area contributed by atoms with Gasteiger partial charge in [0.05, 0.1) is 5.92 Å². The first kappa shape index (κ1) is 14.7. The fourth-order valence-corrected chi connectivity index (χ4v) is 4.28. The minimum atomic E-state index is -0.174. The molecule has 1 aromatic heterocycles. The van der Waals surface area contributed by atoms with Crippen molar-refractivity contribution >= 4 is 11.8 Å². The zero-order valence-electron chi connectivity index (χ0n) is 13.4. The van der Waals surface area contributed by atoms with Crippen molar-refractivity contribution in [3.8, 4) is 0 Å². The molecule has 1 saturated carbocycles. The Hall–Kier alpha value is -1.85. The zero-order valence-corrected chi connectivity index (χ0v) is 13.4. The van der Waals surface area contributed by atoms with E-state index in [1.165, 1.54) is 12.8 Å². The largest absolute Gasteiger partial charge is 0.351 e. The number of carbonyl (C=O) groups is 2. The molecule has 1 aromatic rings. The number of fused-ring (bicyclic) bond motifs is 1. The molecule has 1 N–H and O–H groups in total. The molecule has 3 heterocycles. The number of carbonyl (C=O) groups excluding carboxylic acids is 2. The van der Waals surface area contributed by atoms with E-state index in [0.29, 0.717) is 19.0 Å². The number of imidazole rings is 1. The molecule has 3 aliphatic rings. The summed E-state index contributed by atoms with van der Waals surface area (Å²) in [5, 5.41) is 3.16. The summed E-state index contributed by atoms with van der Waals surface area (Å²) in [4.78, 5) is 31.1. The Labute approximate surface area is 136 Å². The summed E-state index contributed by atoms with van der Waals surface area (Å²) in [7, 11) is 0. The molecular formula is C17H24N4O2. The minimum Gasteiger partial charge on any atom is -0.351 e. The molecule has 2 fully saturated rings. The molecule has 2 unspecified atom stereocenters. The summed E-state index contributed by atoms with van der Waals surface area (Å²) in [6.45, 7) is 1.40. The molecule has 1 saturated heterocycles. The highest BCUT2D eigenvalue weighted by Crippen LogP contribution is 2.29. The lowest BCUT2D eigenvalue weighted by atomic mass is 10.0. The van der Waals surface area contributed by atoms with E-state index < -0.39 is 0 Å². The van der Waals surface area contributed by atoms with Crippen molar-refractivity contribution in [3.05, 3.63) is 18.2 Å². The van der Waals surface area contributed by atoms with Gasteiger partial charge in [0.1, 0.15) is 5.82 Å². The fraction of sp³-hybridized carbons (Fsp3) is 0.706. The van der Waals surface area contributed by atoms with Crippen LogP contribution < -0.4 is 5.32 Å². The van der Waals surface area contributed by atoms with E-state index >= 15 is 0 Å². The highest BCUT2D eigenvalue weighted by Gasteiger charge is 2.39. The van der Waals surface area contributed by atoms with Crippen LogP contribution >= 0.6 is 0 Å². The number of likely N-dealkylation sites (tertiary alicyclic amines) is 1. The van der Waals surface area contributed by atoms with Gasteiger partial charge < -0.3 is 14.8 Å². The zero-order chi connectivity index (χ0) is 15.8. The Morgan fingerprint density at radius 3 is 2.87 bits per heavy atom. The molecule has 124 valence electrons. The van der Waals surface area contributed by atoms with Crippen LogP contribution in [0.25, 0.3) is 0 Å². The standard InChI is InChI=1S/C17H24N4O2/c22-16-9-12(10-21(16)14-3-1-2-4-14)17(23)19-13-5-6-15-18-7-8-20(15)11-13/h7-8,12-14H,1-6,9-11H2,(H,19,23). The van der Waals surface area contributed by atoms with E-state index in [1.54, 1.807) is 0 Å². The van der Waals surface area contributed by atoms with Crippen LogP contribution in [0.2, 0.25) is 0 Å². The van der Waals surface area contributed by atoms with E-state index in [-0.39, 0.29) is 23.8 Å². The normalized spacial score (nSPS) is 28.2. The van der Waals surface area contributed by atoms with Crippen LogP contribution in [0.4, 0.5) is 0 Å². The molecule has 6 heteroatoms. The lowest BCUT2D eigenvalue weighted by Crippen LogP contribution is -2.44. The maximum atomic E-state index is 12.6. The summed E-state index contributed by atoms with van der Waals surface area (Å²) in [5.74, 6) is 1.14. The molecule has 0 radical (unpaired) electrons. The molecule has 0 aromatic carbocycles. The van der Waals surface area contributed by atoms with Gasteiger partial charge in [-0.15, -0.1) is 0 Å². The third-order valence-corrected chi connectivity index (χ3v) is 5.58. The maximum Gasteiger partial charge on any atom is 0.225 e. The van der Waals surface area contributed by atoms with Crippen LogP contribution in [0.15, 0.2) is 12.4 Å². The highest BCUT2D eigenvalue weighted by molar-refractivity contribution is 5.89. The number of rotatable bonds is 3. The second-order valence-corrected chi connectivity index (χ2v) is 7.13. The van der Waals surface area contributed by atoms with Gasteiger partial charge in [0.15, 0.2) is 0 Å². The number of aryl methyl sites for hydroxylation is 1. The van der Waals surface area contributed by atoms with E-state index in [9.17, 15) is 9.59 Å². The van der Waals surface area contributed by atoms with Crippen LogP contribution in [0.3, 0.4) is 0 Å². The van der Waals surface area contributed by atoms with E-state index in [2.05, 4.69) is 14.9 Å². The Kier molecular flexibility index (Phi) is 3.83. The number of hydrogen-bond donors (Lipinski definition) is 1. The Bertz CT molecular complexity index is 605. The summed E-state index contributed by atoms with van der Waals surface area (Å²) in [6, 6.07) is 0.531. The van der Waals surface area contributed by atoms with Gasteiger partial charge in [0, 0.05) is 50.4 Å². The number of hydrogen-bond acceptors (Lipinski definition) is 3. The molecule has 2 atom stereocenters. The molecule has 0 spiro atoms. The first-order valence-corrected chi connectivity index (χ1v) is 8.80. The number of nitrogens with one attached hydrogen (secondary N) is 1. The van der Waals surface area contributed by atoms with E-state index in [1.807, 2.05) is 17.3 Å². The molecular weight excluding hydrogens is 292 g/mol. The van der Waals surface area contributed by atoms with Crippen molar-refractivity contribution in [1.82, 2.24) is 19.8 Å². The molecule has 4 rings (SSSR count). The van der Waals surface area contributed by atoms with Crippen LogP contribution in [0.5, 0.6) is 0 Å². The second-order valence-electron chi connectivity index (χ2n) is 7.13. The summed E-state index contributed by atoms with van der Waals surface area (Å²) < 4.78 is 2.11. The van der Waals surface area contributed by atoms with Gasteiger partial charge in [0.2, 0.25) is 11.8 Å². The van der Waals surface area contributed by atoms with Crippen molar-refractivity contribution in [1.29, 1.82) is 0 Å². The van der Waals surface area contributed by atoms with Crippen molar-refractivity contribution in [2.24, 2.45) is 5.92 Å². The van der Waals surface area contributed by atoms with Crippen LogP contribution in [-0.4, -0.2) is 44.9 Å². The number of aromatic nitrogens is 2. The van der Waals surface area contributed by atoms with Gasteiger partial charge in [-0.1, -0.05) is 12.8 Å². The predicted octanol–water partition coefficient (Wildman–Crippen LogP) is 1.11. The van der Waals surface area contributed by atoms with Crippen LogP contribution in [0, 0.1) is 5.92 Å². The SMILES string of the molecule is O=C(NC1CCc2nccn2C1)C1CC(=O)N(C2CCCC2)C1. The van der Waals surface area contributed by atoms with Crippen molar-refractivity contribution in [3.63, 3.8) is 0 Å². The van der Waals surface area contributed by atoms with Gasteiger partial charge in [-0.05, 0) is 19.3 Å². The fourth-order valence-electron chi connectivity index (χ4n) is 4.28. The summed E-state index contributed by atoms with van der Waals surface area (Å²) in [6.07, 6.45) is 10.6. The Balaban J connectivity index is 1.34. The van der Waals surface area contributed by atoms with Crippen LogP contribution in [0.1, 0.15) is 44.3 Å². The molecule has 6 nitrogen and oxygen atoms in total. The van der Waals surface area contributed by atoms with E-state index in [0.717, 1.165) is 38.1 Å². The molecule has 2 aliphatic heterocycles. The molecule has 0 bridgehead atoms. The van der Waals surface area contributed by atoms with Crippen LogP contribution in [-0.2, 0) is 22.6 Å². The minimum absolute atomic E-state index is 0.0485. The van der Waals surface area contributed by atoms with Crippen molar-refractivity contribution in [2.75, 3.05) is 6.54 Å². The number of amides is 2. The average molecular weight is 316 g/mol. The molecule has 23 heavy (non-hydrogen) atoms. The van der Waals surface area contributed by atoms with Gasteiger partial charge in [-0.25, -0.2) is 4.98 Å². The second kappa shape index (κ2) is 5.98. The smallest absolute Gasteiger partial charge is 0.225 e. The van der Waals surface area contributed by atoms with Crippen molar-refractivity contribution in [2.45, 2.75) is 63.6 Å². The Morgan fingerprint density at radius 1 is 1.22 bits per heavy atom. The summed E-state index contributed by atoms with van der Waals surface area (Å²) in [5.41, 5.74) is 0. The van der Waals surface area contributed by atoms with Gasteiger partial charge in [0.25, 0.3) is 0 Å². The average Bonchev–Trinajstić information content (AvgIpc) is 3.26. The lowest BCUT2D eigenvalue weighted by Gasteiger charge is -2.26. The first-order valence-electron chi connectivity index (χ1n) is 8.80. The Morgan fingerprint density at radius 2 is 2.04 bits per heavy atom. The molecule has 2 amide bonds. The molecule has 1 aliphatic carbocycles. The van der Waals surface area contributed by atoms with Gasteiger partial charge in [-0.3, -0.25) is 9.59 Å². The highest BCUT2D eigenvalue weighted by atomic mass is 16.2. The maximum absolute atomic E-state index is 12.6. The van der Waals surface area contributed by atoms with E-state index in [4.69, 9.17) is 0 Å². The lowest BCUT2D eigenvalue weighted by molar-refractivity contribution is -0.130.